The van der Waals surface area contributed by atoms with E-state index in [0.717, 1.165) is 42.3 Å². The highest BCUT2D eigenvalue weighted by molar-refractivity contribution is 5.85. The van der Waals surface area contributed by atoms with E-state index in [-0.39, 0.29) is 18.4 Å². The molecule has 1 fully saturated rings. The molecule has 2 aliphatic heterocycles. The number of rotatable bonds is 4. The van der Waals surface area contributed by atoms with Gasteiger partial charge in [-0.15, -0.1) is 12.4 Å². The van der Waals surface area contributed by atoms with Crippen LogP contribution in [0.3, 0.4) is 0 Å². The first-order valence-electron chi connectivity index (χ1n) is 9.07. The summed E-state index contributed by atoms with van der Waals surface area (Å²) in [7, 11) is 0. The van der Waals surface area contributed by atoms with Gasteiger partial charge in [-0.25, -0.2) is 0 Å². The SMILES string of the molecule is Cl.O=C(OCCN1CCCCC1)C1c2ccccc2Oc2ccccc21. The van der Waals surface area contributed by atoms with Gasteiger partial charge in [0.2, 0.25) is 0 Å². The second kappa shape index (κ2) is 8.56. The summed E-state index contributed by atoms with van der Waals surface area (Å²) in [5.74, 6) is 0.862. The molecule has 0 aromatic heterocycles. The lowest BCUT2D eigenvalue weighted by Gasteiger charge is -2.28. The molecule has 0 radical (unpaired) electrons. The average Bonchev–Trinajstić information content (AvgIpc) is 2.66. The molecular formula is C21H24ClNO3. The highest BCUT2D eigenvalue weighted by Crippen LogP contribution is 2.44. The van der Waals surface area contributed by atoms with Gasteiger partial charge in [-0.2, -0.15) is 0 Å². The van der Waals surface area contributed by atoms with Crippen molar-refractivity contribution >= 4 is 18.4 Å². The summed E-state index contributed by atoms with van der Waals surface area (Å²) < 4.78 is 11.6. The minimum absolute atomic E-state index is 0. The molecule has 0 N–H and O–H groups in total. The number of ether oxygens (including phenoxy) is 2. The third kappa shape index (κ3) is 3.87. The molecule has 2 aromatic carbocycles. The number of para-hydroxylation sites is 2. The zero-order valence-corrected chi connectivity index (χ0v) is 15.5. The Morgan fingerprint density at radius 2 is 1.54 bits per heavy atom. The number of nitrogens with zero attached hydrogens (tertiary/aromatic N) is 1. The van der Waals surface area contributed by atoms with Crippen LogP contribution in [0, 0.1) is 0 Å². The maximum atomic E-state index is 12.9. The quantitative estimate of drug-likeness (QED) is 0.746. The van der Waals surface area contributed by atoms with Crippen LogP contribution in [0.1, 0.15) is 36.3 Å². The first kappa shape index (κ1) is 18.7. The van der Waals surface area contributed by atoms with Gasteiger partial charge in [-0.3, -0.25) is 9.69 Å². The van der Waals surface area contributed by atoms with E-state index < -0.39 is 5.92 Å². The molecule has 2 aromatic rings. The second-order valence-electron chi connectivity index (χ2n) is 6.68. The molecule has 0 amide bonds. The summed E-state index contributed by atoms with van der Waals surface area (Å²) in [6, 6.07) is 15.4. The number of carbonyl (C=O) groups excluding carboxylic acids is 1. The minimum atomic E-state index is -0.414. The molecule has 5 heteroatoms. The fourth-order valence-electron chi connectivity index (χ4n) is 3.71. The Morgan fingerprint density at radius 1 is 0.962 bits per heavy atom. The molecule has 2 heterocycles. The highest BCUT2D eigenvalue weighted by Gasteiger charge is 2.33. The number of halogens is 1. The first-order valence-corrected chi connectivity index (χ1v) is 9.07. The van der Waals surface area contributed by atoms with Crippen molar-refractivity contribution in [2.75, 3.05) is 26.2 Å². The van der Waals surface area contributed by atoms with Crippen molar-refractivity contribution in [2.45, 2.75) is 25.2 Å². The van der Waals surface area contributed by atoms with E-state index in [1.807, 2.05) is 48.5 Å². The van der Waals surface area contributed by atoms with E-state index in [4.69, 9.17) is 9.47 Å². The average molecular weight is 374 g/mol. The fraction of sp³-hybridized carbons (Fsp3) is 0.381. The topological polar surface area (TPSA) is 38.8 Å². The maximum absolute atomic E-state index is 12.9. The van der Waals surface area contributed by atoms with Gasteiger partial charge in [-0.05, 0) is 38.1 Å². The zero-order chi connectivity index (χ0) is 17.1. The number of likely N-dealkylation sites (tertiary alicyclic amines) is 1. The molecule has 1 saturated heterocycles. The van der Waals surface area contributed by atoms with E-state index in [0.29, 0.717) is 6.61 Å². The van der Waals surface area contributed by atoms with Gasteiger partial charge in [0.25, 0.3) is 0 Å². The zero-order valence-electron chi connectivity index (χ0n) is 14.7. The number of piperidine rings is 1. The summed E-state index contributed by atoms with van der Waals surface area (Å²) in [6.07, 6.45) is 3.80. The van der Waals surface area contributed by atoms with Crippen LogP contribution in [-0.2, 0) is 9.53 Å². The van der Waals surface area contributed by atoms with Crippen molar-refractivity contribution in [2.24, 2.45) is 0 Å². The lowest BCUT2D eigenvalue weighted by Crippen LogP contribution is -2.33. The predicted octanol–water partition coefficient (Wildman–Crippen LogP) is 4.38. The predicted molar refractivity (Wildman–Crippen MR) is 103 cm³/mol. The molecule has 4 rings (SSSR count). The van der Waals surface area contributed by atoms with Gasteiger partial charge < -0.3 is 9.47 Å². The lowest BCUT2D eigenvalue weighted by molar-refractivity contribution is -0.145. The summed E-state index contributed by atoms with van der Waals surface area (Å²) >= 11 is 0. The Hall–Kier alpha value is -2.04. The number of fused-ring (bicyclic) bond motifs is 2. The molecule has 0 spiro atoms. The number of benzene rings is 2. The smallest absolute Gasteiger partial charge is 0.318 e. The standard InChI is InChI=1S/C21H23NO3.ClH/c23-21(24-15-14-22-12-6-1-7-13-22)20-16-8-2-4-10-18(16)25-19-11-5-3-9-17(19)20;/h2-5,8-11,20H,1,6-7,12-15H2;1H. The molecule has 0 saturated carbocycles. The molecule has 0 unspecified atom stereocenters. The van der Waals surface area contributed by atoms with Crippen LogP contribution < -0.4 is 4.74 Å². The summed E-state index contributed by atoms with van der Waals surface area (Å²) in [5.41, 5.74) is 1.76. The Morgan fingerprint density at radius 3 is 2.15 bits per heavy atom. The minimum Gasteiger partial charge on any atom is -0.464 e. The Bertz CT molecular complexity index is 713. The van der Waals surface area contributed by atoms with Crippen molar-refractivity contribution in [3.8, 4) is 11.5 Å². The van der Waals surface area contributed by atoms with Crippen LogP contribution >= 0.6 is 12.4 Å². The van der Waals surface area contributed by atoms with Crippen molar-refractivity contribution < 1.29 is 14.3 Å². The molecule has 2 aliphatic rings. The Balaban J connectivity index is 0.00000196. The van der Waals surface area contributed by atoms with Gasteiger partial charge in [0.15, 0.2) is 0 Å². The largest absolute Gasteiger partial charge is 0.464 e. The third-order valence-electron chi connectivity index (χ3n) is 5.02. The van der Waals surface area contributed by atoms with Crippen LogP contribution in [0.4, 0.5) is 0 Å². The lowest BCUT2D eigenvalue weighted by atomic mass is 9.88. The summed E-state index contributed by atoms with van der Waals surface area (Å²) in [5, 5.41) is 0. The number of esters is 1. The molecule has 0 atom stereocenters. The van der Waals surface area contributed by atoms with Crippen LogP contribution in [0.5, 0.6) is 11.5 Å². The highest BCUT2D eigenvalue weighted by atomic mass is 35.5. The van der Waals surface area contributed by atoms with Gasteiger partial charge in [-0.1, -0.05) is 42.8 Å². The Kier molecular flexibility index (Phi) is 6.17. The van der Waals surface area contributed by atoms with Gasteiger partial charge >= 0.3 is 5.97 Å². The van der Waals surface area contributed by atoms with E-state index in [9.17, 15) is 4.79 Å². The van der Waals surface area contributed by atoms with Crippen molar-refractivity contribution in [3.63, 3.8) is 0 Å². The van der Waals surface area contributed by atoms with E-state index in [1.54, 1.807) is 0 Å². The van der Waals surface area contributed by atoms with Crippen LogP contribution in [0.25, 0.3) is 0 Å². The third-order valence-corrected chi connectivity index (χ3v) is 5.02. The van der Waals surface area contributed by atoms with Gasteiger partial charge in [0.1, 0.15) is 24.0 Å². The summed E-state index contributed by atoms with van der Waals surface area (Å²) in [6.45, 7) is 3.49. The number of hydrogen-bond acceptors (Lipinski definition) is 4. The monoisotopic (exact) mass is 373 g/mol. The van der Waals surface area contributed by atoms with Crippen LogP contribution in [0.15, 0.2) is 48.5 Å². The normalized spacial score (nSPS) is 16.6. The van der Waals surface area contributed by atoms with E-state index >= 15 is 0 Å². The first-order chi connectivity index (χ1) is 12.3. The summed E-state index contributed by atoms with van der Waals surface area (Å²) in [4.78, 5) is 15.2. The number of carbonyl (C=O) groups is 1. The molecule has 138 valence electrons. The molecule has 4 nitrogen and oxygen atoms in total. The molecule has 0 aliphatic carbocycles. The van der Waals surface area contributed by atoms with Gasteiger partial charge in [0, 0.05) is 17.7 Å². The van der Waals surface area contributed by atoms with Crippen LogP contribution in [-0.4, -0.2) is 37.1 Å². The van der Waals surface area contributed by atoms with E-state index in [2.05, 4.69) is 4.90 Å². The van der Waals surface area contributed by atoms with E-state index in [1.165, 1.54) is 19.3 Å². The van der Waals surface area contributed by atoms with Crippen LogP contribution in [0.2, 0.25) is 0 Å². The Labute approximate surface area is 160 Å². The molecular weight excluding hydrogens is 350 g/mol. The van der Waals surface area contributed by atoms with Crippen molar-refractivity contribution in [1.29, 1.82) is 0 Å². The molecule has 0 bridgehead atoms. The number of hydrogen-bond donors (Lipinski definition) is 0. The van der Waals surface area contributed by atoms with Crippen molar-refractivity contribution in [1.82, 2.24) is 4.90 Å². The second-order valence-corrected chi connectivity index (χ2v) is 6.68. The maximum Gasteiger partial charge on any atom is 0.318 e. The molecule has 26 heavy (non-hydrogen) atoms. The van der Waals surface area contributed by atoms with Crippen molar-refractivity contribution in [3.05, 3.63) is 59.7 Å². The van der Waals surface area contributed by atoms with Gasteiger partial charge in [0.05, 0.1) is 0 Å². The fourth-order valence-corrected chi connectivity index (χ4v) is 3.71.